The number of halogens is 2. The van der Waals surface area contributed by atoms with E-state index in [1.165, 1.54) is 0 Å². The minimum atomic E-state index is 0.274. The molecule has 20 heavy (non-hydrogen) atoms. The summed E-state index contributed by atoms with van der Waals surface area (Å²) in [6.45, 7) is 5.15. The molecule has 1 aliphatic rings. The van der Waals surface area contributed by atoms with Gasteiger partial charge in [-0.1, -0.05) is 11.6 Å². The lowest BCUT2D eigenvalue weighted by Crippen LogP contribution is -2.47. The van der Waals surface area contributed by atoms with Gasteiger partial charge in [0, 0.05) is 31.2 Å². The Balaban J connectivity index is 1.75. The van der Waals surface area contributed by atoms with Gasteiger partial charge in [0.2, 0.25) is 0 Å². The Labute approximate surface area is 133 Å². The molecule has 1 unspecified atom stereocenters. The molecule has 1 atom stereocenters. The predicted octanol–water partition coefficient (Wildman–Crippen LogP) is 2.40. The summed E-state index contributed by atoms with van der Waals surface area (Å²) in [5.41, 5.74) is 0. The molecule has 1 heterocycles. The zero-order chi connectivity index (χ0) is 14.4. The molecule has 1 aromatic rings. The van der Waals surface area contributed by atoms with Crippen molar-refractivity contribution in [2.24, 2.45) is 0 Å². The SMILES string of the molecule is CNCC1CN(CCOc2ccc(Cl)cc2Br)CCO1. The lowest BCUT2D eigenvalue weighted by Gasteiger charge is -2.32. The Hall–Kier alpha value is -0.330. The van der Waals surface area contributed by atoms with E-state index in [0.717, 1.165) is 43.0 Å². The molecule has 1 fully saturated rings. The Kier molecular flexibility index (Phi) is 6.58. The van der Waals surface area contributed by atoms with Crippen molar-refractivity contribution in [1.29, 1.82) is 0 Å². The highest BCUT2D eigenvalue weighted by Gasteiger charge is 2.19. The van der Waals surface area contributed by atoms with E-state index in [1.54, 1.807) is 0 Å². The Morgan fingerprint density at radius 2 is 2.40 bits per heavy atom. The van der Waals surface area contributed by atoms with Crippen LogP contribution in [0.25, 0.3) is 0 Å². The summed E-state index contributed by atoms with van der Waals surface area (Å²) in [5.74, 6) is 0.828. The largest absolute Gasteiger partial charge is 0.491 e. The van der Waals surface area contributed by atoms with Gasteiger partial charge in [0.1, 0.15) is 12.4 Å². The van der Waals surface area contributed by atoms with Crippen molar-refractivity contribution in [2.45, 2.75) is 6.10 Å². The number of hydrogen-bond donors (Lipinski definition) is 1. The molecule has 1 N–H and O–H groups in total. The molecular formula is C14H20BrClN2O2. The summed E-state index contributed by atoms with van der Waals surface area (Å²) < 4.78 is 12.4. The first-order valence-electron chi connectivity index (χ1n) is 6.75. The van der Waals surface area contributed by atoms with E-state index >= 15 is 0 Å². The average Bonchev–Trinajstić information content (AvgIpc) is 2.42. The topological polar surface area (TPSA) is 33.7 Å². The maximum Gasteiger partial charge on any atom is 0.133 e. The van der Waals surface area contributed by atoms with Crippen molar-refractivity contribution in [3.05, 3.63) is 27.7 Å². The van der Waals surface area contributed by atoms with Gasteiger partial charge >= 0.3 is 0 Å². The van der Waals surface area contributed by atoms with Crippen molar-refractivity contribution in [3.63, 3.8) is 0 Å². The van der Waals surface area contributed by atoms with Crippen molar-refractivity contribution in [2.75, 3.05) is 46.4 Å². The van der Waals surface area contributed by atoms with E-state index in [4.69, 9.17) is 21.1 Å². The first kappa shape index (κ1) is 16.0. The summed E-state index contributed by atoms with van der Waals surface area (Å²) in [6.07, 6.45) is 0.274. The summed E-state index contributed by atoms with van der Waals surface area (Å²) in [5, 5.41) is 3.85. The van der Waals surface area contributed by atoms with E-state index in [2.05, 4.69) is 26.1 Å². The molecule has 0 radical (unpaired) electrons. The van der Waals surface area contributed by atoms with Crippen LogP contribution in [0.5, 0.6) is 5.75 Å². The van der Waals surface area contributed by atoms with Gasteiger partial charge in [-0.05, 0) is 41.2 Å². The standard InChI is InChI=1S/C14H20BrClN2O2/c1-17-9-12-10-18(4-6-19-12)5-7-20-14-3-2-11(16)8-13(14)15/h2-3,8,12,17H,4-7,9-10H2,1H3. The van der Waals surface area contributed by atoms with Crippen LogP contribution in [0.2, 0.25) is 5.02 Å². The lowest BCUT2D eigenvalue weighted by molar-refractivity contribution is -0.0292. The Morgan fingerprint density at radius 1 is 1.55 bits per heavy atom. The fraction of sp³-hybridized carbons (Fsp3) is 0.571. The molecule has 2 rings (SSSR count). The molecule has 0 aromatic heterocycles. The number of rotatable bonds is 6. The monoisotopic (exact) mass is 362 g/mol. The molecule has 0 bridgehead atoms. The first-order valence-corrected chi connectivity index (χ1v) is 7.92. The molecule has 4 nitrogen and oxygen atoms in total. The maximum absolute atomic E-state index is 5.90. The number of benzene rings is 1. The quantitative estimate of drug-likeness (QED) is 0.841. The van der Waals surface area contributed by atoms with Crippen LogP contribution >= 0.6 is 27.5 Å². The van der Waals surface area contributed by atoms with Crippen LogP contribution in [0, 0.1) is 0 Å². The van der Waals surface area contributed by atoms with Gasteiger partial charge in [0.25, 0.3) is 0 Å². The van der Waals surface area contributed by atoms with E-state index in [-0.39, 0.29) is 6.10 Å². The summed E-state index contributed by atoms with van der Waals surface area (Å²) in [7, 11) is 1.95. The predicted molar refractivity (Wildman–Crippen MR) is 84.8 cm³/mol. The summed E-state index contributed by atoms with van der Waals surface area (Å²) in [6, 6.07) is 5.56. The van der Waals surface area contributed by atoms with Crippen molar-refractivity contribution in [3.8, 4) is 5.75 Å². The maximum atomic E-state index is 5.90. The third kappa shape index (κ3) is 4.90. The minimum Gasteiger partial charge on any atom is -0.491 e. The number of likely N-dealkylation sites (N-methyl/N-ethyl adjacent to an activating group) is 1. The molecule has 0 amide bonds. The van der Waals surface area contributed by atoms with Crippen molar-refractivity contribution < 1.29 is 9.47 Å². The van der Waals surface area contributed by atoms with Gasteiger partial charge in [-0.25, -0.2) is 0 Å². The number of nitrogens with one attached hydrogen (secondary N) is 1. The van der Waals surface area contributed by atoms with Gasteiger partial charge in [-0.15, -0.1) is 0 Å². The van der Waals surface area contributed by atoms with Gasteiger partial charge in [0.05, 0.1) is 17.2 Å². The zero-order valence-corrected chi connectivity index (χ0v) is 13.9. The van der Waals surface area contributed by atoms with E-state index in [1.807, 2.05) is 25.2 Å². The molecule has 0 spiro atoms. The van der Waals surface area contributed by atoms with Crippen LogP contribution in [0.1, 0.15) is 0 Å². The van der Waals surface area contributed by atoms with Crippen LogP contribution in [0.4, 0.5) is 0 Å². The number of ether oxygens (including phenoxy) is 2. The third-order valence-corrected chi connectivity index (χ3v) is 4.07. The number of morpholine rings is 1. The van der Waals surface area contributed by atoms with Crippen LogP contribution in [0.3, 0.4) is 0 Å². The van der Waals surface area contributed by atoms with E-state index in [9.17, 15) is 0 Å². The molecule has 1 aromatic carbocycles. The van der Waals surface area contributed by atoms with Gasteiger partial charge in [-0.3, -0.25) is 4.90 Å². The number of hydrogen-bond acceptors (Lipinski definition) is 4. The second-order valence-electron chi connectivity index (χ2n) is 4.77. The van der Waals surface area contributed by atoms with Gasteiger partial charge < -0.3 is 14.8 Å². The normalized spacial score (nSPS) is 20.1. The minimum absolute atomic E-state index is 0.274. The lowest BCUT2D eigenvalue weighted by atomic mass is 10.2. The highest BCUT2D eigenvalue weighted by molar-refractivity contribution is 9.10. The van der Waals surface area contributed by atoms with Crippen LogP contribution in [0.15, 0.2) is 22.7 Å². The average molecular weight is 364 g/mol. The fourth-order valence-electron chi connectivity index (χ4n) is 2.21. The van der Waals surface area contributed by atoms with Gasteiger partial charge in [-0.2, -0.15) is 0 Å². The summed E-state index contributed by atoms with van der Waals surface area (Å²) >= 11 is 9.36. The molecule has 6 heteroatoms. The fourth-order valence-corrected chi connectivity index (χ4v) is 3.01. The highest BCUT2D eigenvalue weighted by Crippen LogP contribution is 2.27. The molecular weight excluding hydrogens is 344 g/mol. The van der Waals surface area contributed by atoms with Crippen LogP contribution in [-0.2, 0) is 4.74 Å². The smallest absolute Gasteiger partial charge is 0.133 e. The van der Waals surface area contributed by atoms with Crippen LogP contribution < -0.4 is 10.1 Å². The molecule has 0 aliphatic carbocycles. The molecule has 1 saturated heterocycles. The molecule has 1 aliphatic heterocycles. The van der Waals surface area contributed by atoms with E-state index in [0.29, 0.717) is 11.6 Å². The second-order valence-corrected chi connectivity index (χ2v) is 6.07. The van der Waals surface area contributed by atoms with Crippen LogP contribution in [-0.4, -0.2) is 57.4 Å². The van der Waals surface area contributed by atoms with E-state index < -0.39 is 0 Å². The van der Waals surface area contributed by atoms with Crippen molar-refractivity contribution in [1.82, 2.24) is 10.2 Å². The van der Waals surface area contributed by atoms with Crippen molar-refractivity contribution >= 4 is 27.5 Å². The Morgan fingerprint density at radius 3 is 3.15 bits per heavy atom. The Bertz CT molecular complexity index is 432. The number of nitrogens with zero attached hydrogens (tertiary/aromatic N) is 1. The zero-order valence-electron chi connectivity index (χ0n) is 11.6. The first-order chi connectivity index (χ1) is 9.69. The second kappa shape index (κ2) is 8.20. The highest BCUT2D eigenvalue weighted by atomic mass is 79.9. The van der Waals surface area contributed by atoms with Gasteiger partial charge in [0.15, 0.2) is 0 Å². The molecule has 112 valence electrons. The molecule has 0 saturated carbocycles. The summed E-state index contributed by atoms with van der Waals surface area (Å²) in [4.78, 5) is 2.37. The third-order valence-electron chi connectivity index (χ3n) is 3.21.